The van der Waals surface area contributed by atoms with Crippen molar-refractivity contribution in [1.82, 2.24) is 4.57 Å². The average Bonchev–Trinajstić information content (AvgIpc) is 2.49. The Labute approximate surface area is 135 Å². The summed E-state index contributed by atoms with van der Waals surface area (Å²) in [7, 11) is 1.53. The SMILES string of the molecule is COCc1cccc(NC(=O)Cn2cccc(C(F)(F)F)c2=O)c1. The van der Waals surface area contributed by atoms with Crippen molar-refractivity contribution < 1.29 is 22.7 Å². The van der Waals surface area contributed by atoms with Crippen molar-refractivity contribution in [1.29, 1.82) is 0 Å². The fraction of sp³-hybridized carbons (Fsp3) is 0.250. The lowest BCUT2D eigenvalue weighted by Gasteiger charge is -2.11. The van der Waals surface area contributed by atoms with E-state index in [1.165, 1.54) is 7.11 Å². The number of ether oxygens (including phenoxy) is 1. The summed E-state index contributed by atoms with van der Waals surface area (Å²) in [6.07, 6.45) is -3.62. The standard InChI is InChI=1S/C16H15F3N2O3/c1-24-10-11-4-2-5-12(8-11)20-14(22)9-21-7-3-6-13(15(21)23)16(17,18)19/h2-8H,9-10H2,1H3,(H,20,22). The average molecular weight is 340 g/mol. The van der Waals surface area contributed by atoms with Crippen LogP contribution in [0.5, 0.6) is 0 Å². The van der Waals surface area contributed by atoms with Crippen LogP contribution in [0.2, 0.25) is 0 Å². The van der Waals surface area contributed by atoms with Crippen molar-refractivity contribution in [3.05, 3.63) is 64.1 Å². The van der Waals surface area contributed by atoms with Crippen molar-refractivity contribution >= 4 is 11.6 Å². The van der Waals surface area contributed by atoms with Gasteiger partial charge in [0.15, 0.2) is 0 Å². The molecule has 0 bridgehead atoms. The second-order valence-electron chi connectivity index (χ2n) is 5.03. The number of carbonyl (C=O) groups excluding carboxylic acids is 1. The summed E-state index contributed by atoms with van der Waals surface area (Å²) >= 11 is 0. The minimum atomic E-state index is -4.76. The molecule has 24 heavy (non-hydrogen) atoms. The van der Waals surface area contributed by atoms with Gasteiger partial charge in [0.2, 0.25) is 5.91 Å². The zero-order valence-corrected chi connectivity index (χ0v) is 12.8. The molecule has 0 saturated heterocycles. The third-order valence-electron chi connectivity index (χ3n) is 3.16. The Morgan fingerprint density at radius 2 is 2.00 bits per heavy atom. The molecule has 0 radical (unpaired) electrons. The molecule has 0 unspecified atom stereocenters. The number of anilines is 1. The number of nitrogens with one attached hydrogen (secondary N) is 1. The first kappa shape index (κ1) is 17.7. The molecular weight excluding hydrogens is 325 g/mol. The van der Waals surface area contributed by atoms with Crippen molar-refractivity contribution in [3.8, 4) is 0 Å². The number of pyridine rings is 1. The number of hydrogen-bond acceptors (Lipinski definition) is 3. The molecule has 1 aromatic heterocycles. The van der Waals surface area contributed by atoms with E-state index in [2.05, 4.69) is 5.32 Å². The molecule has 128 valence electrons. The summed E-state index contributed by atoms with van der Waals surface area (Å²) in [6.45, 7) is -0.159. The molecule has 0 aliphatic heterocycles. The molecule has 0 aliphatic rings. The number of methoxy groups -OCH3 is 1. The van der Waals surface area contributed by atoms with Crippen molar-refractivity contribution in [2.24, 2.45) is 0 Å². The molecule has 2 rings (SSSR count). The number of nitrogens with zero attached hydrogens (tertiary/aromatic N) is 1. The lowest BCUT2D eigenvalue weighted by Crippen LogP contribution is -2.31. The van der Waals surface area contributed by atoms with Gasteiger partial charge < -0.3 is 14.6 Å². The van der Waals surface area contributed by atoms with Crippen LogP contribution in [0.15, 0.2) is 47.4 Å². The lowest BCUT2D eigenvalue weighted by molar-refractivity contribution is -0.139. The van der Waals surface area contributed by atoms with Crippen LogP contribution in [-0.4, -0.2) is 17.6 Å². The van der Waals surface area contributed by atoms with E-state index in [0.29, 0.717) is 18.4 Å². The Hall–Kier alpha value is -2.61. The molecule has 0 aliphatic carbocycles. The zero-order valence-electron chi connectivity index (χ0n) is 12.8. The van der Waals surface area contributed by atoms with E-state index in [1.54, 1.807) is 24.3 Å². The van der Waals surface area contributed by atoms with E-state index < -0.39 is 29.8 Å². The summed E-state index contributed by atoms with van der Waals surface area (Å²) in [5.41, 5.74) is -1.27. The number of benzene rings is 1. The van der Waals surface area contributed by atoms with Crippen LogP contribution in [0, 0.1) is 0 Å². The molecule has 1 N–H and O–H groups in total. The van der Waals surface area contributed by atoms with Gasteiger partial charge in [-0.2, -0.15) is 13.2 Å². The summed E-state index contributed by atoms with van der Waals surface area (Å²) in [5.74, 6) is -0.606. The predicted octanol–water partition coefficient (Wildman–Crippen LogP) is 2.65. The van der Waals surface area contributed by atoms with Crippen LogP contribution in [-0.2, 0) is 28.9 Å². The third-order valence-corrected chi connectivity index (χ3v) is 3.16. The predicted molar refractivity (Wildman–Crippen MR) is 81.5 cm³/mol. The first-order valence-electron chi connectivity index (χ1n) is 6.95. The molecule has 5 nitrogen and oxygen atoms in total. The molecular formula is C16H15F3N2O3. The molecule has 8 heteroatoms. The quantitative estimate of drug-likeness (QED) is 0.910. The van der Waals surface area contributed by atoms with E-state index in [1.807, 2.05) is 0 Å². The molecule has 1 heterocycles. The second kappa shape index (κ2) is 7.31. The van der Waals surface area contributed by atoms with Gasteiger partial charge in [-0.3, -0.25) is 9.59 Å². The molecule has 1 aromatic carbocycles. The number of aromatic nitrogens is 1. The summed E-state index contributed by atoms with van der Waals surface area (Å²) in [5, 5.41) is 2.54. The van der Waals surface area contributed by atoms with Crippen molar-refractivity contribution in [2.45, 2.75) is 19.3 Å². The minimum Gasteiger partial charge on any atom is -0.380 e. The number of halogens is 3. The first-order valence-corrected chi connectivity index (χ1v) is 6.95. The topological polar surface area (TPSA) is 60.3 Å². The van der Waals surface area contributed by atoms with Crippen LogP contribution < -0.4 is 10.9 Å². The van der Waals surface area contributed by atoms with Crippen LogP contribution in [0.4, 0.5) is 18.9 Å². The highest BCUT2D eigenvalue weighted by Crippen LogP contribution is 2.25. The number of alkyl halides is 3. The number of amides is 1. The number of rotatable bonds is 5. The van der Waals surface area contributed by atoms with Crippen LogP contribution in [0.25, 0.3) is 0 Å². The molecule has 0 atom stereocenters. The molecule has 0 saturated carbocycles. The molecule has 0 spiro atoms. The maximum Gasteiger partial charge on any atom is 0.421 e. The van der Waals surface area contributed by atoms with E-state index in [9.17, 15) is 22.8 Å². The fourth-order valence-electron chi connectivity index (χ4n) is 2.14. The number of carbonyl (C=O) groups is 1. The Bertz CT molecular complexity index is 785. The smallest absolute Gasteiger partial charge is 0.380 e. The van der Waals surface area contributed by atoms with Crippen LogP contribution in [0.3, 0.4) is 0 Å². The van der Waals surface area contributed by atoms with Gasteiger partial charge in [-0.05, 0) is 29.8 Å². The van der Waals surface area contributed by atoms with Crippen LogP contribution in [0.1, 0.15) is 11.1 Å². The van der Waals surface area contributed by atoms with Gasteiger partial charge in [0.25, 0.3) is 5.56 Å². The summed E-state index contributed by atoms with van der Waals surface area (Å²) in [6, 6.07) is 8.58. The van der Waals surface area contributed by atoms with Crippen LogP contribution >= 0.6 is 0 Å². The van der Waals surface area contributed by atoms with E-state index >= 15 is 0 Å². The van der Waals surface area contributed by atoms with Gasteiger partial charge in [0.05, 0.1) is 6.61 Å². The second-order valence-corrected chi connectivity index (χ2v) is 5.03. The summed E-state index contributed by atoms with van der Waals surface area (Å²) in [4.78, 5) is 23.8. The highest BCUT2D eigenvalue weighted by molar-refractivity contribution is 5.90. The van der Waals surface area contributed by atoms with Crippen molar-refractivity contribution in [3.63, 3.8) is 0 Å². The Morgan fingerprint density at radius 3 is 2.67 bits per heavy atom. The van der Waals surface area contributed by atoms with Gasteiger partial charge in [0.1, 0.15) is 12.1 Å². The van der Waals surface area contributed by atoms with Gasteiger partial charge in [-0.15, -0.1) is 0 Å². The zero-order chi connectivity index (χ0) is 17.7. The van der Waals surface area contributed by atoms with E-state index in [-0.39, 0.29) is 0 Å². The van der Waals surface area contributed by atoms with Gasteiger partial charge in [-0.25, -0.2) is 0 Å². The minimum absolute atomic E-state index is 0.358. The Morgan fingerprint density at radius 1 is 1.25 bits per heavy atom. The maximum atomic E-state index is 12.7. The van der Waals surface area contributed by atoms with Gasteiger partial charge >= 0.3 is 6.18 Å². The fourth-order valence-corrected chi connectivity index (χ4v) is 2.14. The third kappa shape index (κ3) is 4.45. The lowest BCUT2D eigenvalue weighted by atomic mass is 10.2. The Balaban J connectivity index is 2.13. The Kier molecular flexibility index (Phi) is 5.40. The first-order chi connectivity index (χ1) is 11.3. The molecule has 1 amide bonds. The van der Waals surface area contributed by atoms with E-state index in [4.69, 9.17) is 4.74 Å². The van der Waals surface area contributed by atoms with E-state index in [0.717, 1.165) is 22.4 Å². The highest BCUT2D eigenvalue weighted by Gasteiger charge is 2.34. The monoisotopic (exact) mass is 340 g/mol. The number of hydrogen-bond donors (Lipinski definition) is 1. The summed E-state index contributed by atoms with van der Waals surface area (Å²) < 4.78 is 43.8. The van der Waals surface area contributed by atoms with Gasteiger partial charge in [0, 0.05) is 19.0 Å². The maximum absolute atomic E-state index is 12.7. The van der Waals surface area contributed by atoms with Crippen molar-refractivity contribution in [2.75, 3.05) is 12.4 Å². The highest BCUT2D eigenvalue weighted by atomic mass is 19.4. The normalized spacial score (nSPS) is 11.3. The largest absolute Gasteiger partial charge is 0.421 e. The molecule has 2 aromatic rings. The van der Waals surface area contributed by atoms with Gasteiger partial charge in [-0.1, -0.05) is 12.1 Å². The molecule has 0 fully saturated rings.